The van der Waals surface area contributed by atoms with Crippen LogP contribution in [0.2, 0.25) is 0 Å². The minimum Gasteiger partial charge on any atom is -0.504 e. The second kappa shape index (κ2) is 8.79. The van der Waals surface area contributed by atoms with E-state index in [4.69, 9.17) is 4.74 Å². The zero-order chi connectivity index (χ0) is 16.5. The van der Waals surface area contributed by atoms with Crippen molar-refractivity contribution in [2.24, 2.45) is 0 Å². The molecule has 0 aliphatic rings. The van der Waals surface area contributed by atoms with Crippen molar-refractivity contribution < 1.29 is 14.6 Å². The Kier molecular flexibility index (Phi) is 6.42. The molecule has 0 aromatic heterocycles. The maximum absolute atomic E-state index is 11.8. The van der Waals surface area contributed by atoms with E-state index in [1.54, 1.807) is 12.1 Å². The molecule has 0 aliphatic carbocycles. The third-order valence-electron chi connectivity index (χ3n) is 3.65. The van der Waals surface area contributed by atoms with Gasteiger partial charge in [0.05, 0.1) is 7.11 Å². The number of carbonyl (C=O) groups is 1. The third-order valence-corrected chi connectivity index (χ3v) is 3.65. The molecule has 0 atom stereocenters. The Labute approximate surface area is 137 Å². The number of ketones is 1. The zero-order valence-corrected chi connectivity index (χ0v) is 13.4. The number of ether oxygens (including phenoxy) is 1. The standard InChI is InChI=1S/C20H22O3/c1-23-20-15-17(12-14-19(20)22)9-5-6-10-18(21)13-11-16-7-3-2-4-8-16/h2-4,6-8,10,12,14-15,22H,5,9,11,13H2,1H3/b10-6+. The lowest BCUT2D eigenvalue weighted by atomic mass is 10.1. The summed E-state index contributed by atoms with van der Waals surface area (Å²) in [7, 11) is 1.53. The number of phenolic OH excluding ortho intramolecular Hbond substituents is 1. The van der Waals surface area contributed by atoms with Crippen LogP contribution >= 0.6 is 0 Å². The second-order valence-corrected chi connectivity index (χ2v) is 5.40. The normalized spacial score (nSPS) is 10.8. The number of aromatic hydroxyl groups is 1. The molecule has 3 heteroatoms. The molecule has 23 heavy (non-hydrogen) atoms. The first-order valence-corrected chi connectivity index (χ1v) is 7.78. The van der Waals surface area contributed by atoms with Crippen LogP contribution in [0.25, 0.3) is 0 Å². The Morgan fingerprint density at radius 1 is 1.09 bits per heavy atom. The highest BCUT2D eigenvalue weighted by atomic mass is 16.5. The van der Waals surface area contributed by atoms with E-state index >= 15 is 0 Å². The van der Waals surface area contributed by atoms with Crippen molar-refractivity contribution >= 4 is 5.78 Å². The van der Waals surface area contributed by atoms with Crippen molar-refractivity contribution in [1.29, 1.82) is 0 Å². The second-order valence-electron chi connectivity index (χ2n) is 5.40. The predicted octanol–water partition coefficient (Wildman–Crippen LogP) is 4.09. The topological polar surface area (TPSA) is 46.5 Å². The molecule has 1 N–H and O–H groups in total. The fraction of sp³-hybridized carbons (Fsp3) is 0.250. The molecule has 0 spiro atoms. The molecule has 120 valence electrons. The number of benzene rings is 2. The molecule has 3 nitrogen and oxygen atoms in total. The lowest BCUT2D eigenvalue weighted by molar-refractivity contribution is -0.114. The fourth-order valence-corrected chi connectivity index (χ4v) is 2.34. The molecule has 0 radical (unpaired) electrons. The molecule has 0 heterocycles. The van der Waals surface area contributed by atoms with Gasteiger partial charge < -0.3 is 9.84 Å². The Bertz CT molecular complexity index is 660. The molecule has 0 unspecified atom stereocenters. The maximum Gasteiger partial charge on any atom is 0.160 e. The molecular weight excluding hydrogens is 288 g/mol. The quantitative estimate of drug-likeness (QED) is 0.747. The van der Waals surface area contributed by atoms with Crippen LogP contribution in [0, 0.1) is 0 Å². The summed E-state index contributed by atoms with van der Waals surface area (Å²) >= 11 is 0. The molecule has 0 fully saturated rings. The first kappa shape index (κ1) is 16.8. The molecular formula is C20H22O3. The van der Waals surface area contributed by atoms with Crippen LogP contribution in [0.1, 0.15) is 24.0 Å². The number of allylic oxidation sites excluding steroid dienone is 2. The molecule has 0 amide bonds. The summed E-state index contributed by atoms with van der Waals surface area (Å²) in [4.78, 5) is 11.8. The molecule has 0 bridgehead atoms. The summed E-state index contributed by atoms with van der Waals surface area (Å²) in [6.07, 6.45) is 6.48. The van der Waals surface area contributed by atoms with Crippen molar-refractivity contribution in [1.82, 2.24) is 0 Å². The van der Waals surface area contributed by atoms with Gasteiger partial charge in [0.25, 0.3) is 0 Å². The Balaban J connectivity index is 1.75. The number of phenols is 1. The van der Waals surface area contributed by atoms with E-state index in [-0.39, 0.29) is 11.5 Å². The van der Waals surface area contributed by atoms with E-state index in [2.05, 4.69) is 0 Å². The highest BCUT2D eigenvalue weighted by Gasteiger charge is 2.02. The van der Waals surface area contributed by atoms with Gasteiger partial charge in [0.1, 0.15) is 0 Å². The minimum atomic E-state index is 0.142. The molecule has 2 aromatic carbocycles. The van der Waals surface area contributed by atoms with Gasteiger partial charge in [0, 0.05) is 6.42 Å². The van der Waals surface area contributed by atoms with Crippen molar-refractivity contribution in [2.45, 2.75) is 25.7 Å². The van der Waals surface area contributed by atoms with E-state index in [1.165, 1.54) is 12.7 Å². The van der Waals surface area contributed by atoms with Gasteiger partial charge in [0.2, 0.25) is 0 Å². The Morgan fingerprint density at radius 3 is 2.61 bits per heavy atom. The van der Waals surface area contributed by atoms with Crippen LogP contribution < -0.4 is 4.74 Å². The largest absolute Gasteiger partial charge is 0.504 e. The number of hydrogen-bond acceptors (Lipinski definition) is 3. The van der Waals surface area contributed by atoms with Crippen molar-refractivity contribution in [2.75, 3.05) is 7.11 Å². The summed E-state index contributed by atoms with van der Waals surface area (Å²) < 4.78 is 5.08. The van der Waals surface area contributed by atoms with Crippen LogP contribution in [-0.2, 0) is 17.6 Å². The van der Waals surface area contributed by atoms with E-state index < -0.39 is 0 Å². The number of hydrogen-bond donors (Lipinski definition) is 1. The van der Waals surface area contributed by atoms with Gasteiger partial charge in [0.15, 0.2) is 17.3 Å². The Hall–Kier alpha value is -2.55. The highest BCUT2D eigenvalue weighted by Crippen LogP contribution is 2.26. The smallest absolute Gasteiger partial charge is 0.160 e. The van der Waals surface area contributed by atoms with Crippen molar-refractivity contribution in [3.05, 3.63) is 71.8 Å². The first-order valence-electron chi connectivity index (χ1n) is 7.78. The zero-order valence-electron chi connectivity index (χ0n) is 13.4. The highest BCUT2D eigenvalue weighted by molar-refractivity contribution is 5.89. The van der Waals surface area contributed by atoms with Gasteiger partial charge in [-0.05, 0) is 48.6 Å². The number of rotatable bonds is 8. The molecule has 2 rings (SSSR count). The molecule has 0 aliphatic heterocycles. The van der Waals surface area contributed by atoms with E-state index in [9.17, 15) is 9.90 Å². The summed E-state index contributed by atoms with van der Waals surface area (Å²) in [6.45, 7) is 0. The lowest BCUT2D eigenvalue weighted by Gasteiger charge is -2.05. The first-order chi connectivity index (χ1) is 11.2. The predicted molar refractivity (Wildman–Crippen MR) is 91.9 cm³/mol. The van der Waals surface area contributed by atoms with Crippen LogP contribution in [0.4, 0.5) is 0 Å². The number of methoxy groups -OCH3 is 1. The van der Waals surface area contributed by atoms with Crippen LogP contribution in [0.15, 0.2) is 60.7 Å². The number of carbonyl (C=O) groups excluding carboxylic acids is 1. The molecule has 0 saturated heterocycles. The monoisotopic (exact) mass is 310 g/mol. The van der Waals surface area contributed by atoms with Gasteiger partial charge in [-0.1, -0.05) is 42.5 Å². The van der Waals surface area contributed by atoms with Gasteiger partial charge in [-0.3, -0.25) is 4.79 Å². The lowest BCUT2D eigenvalue weighted by Crippen LogP contribution is -1.96. The van der Waals surface area contributed by atoms with Gasteiger partial charge >= 0.3 is 0 Å². The van der Waals surface area contributed by atoms with E-state index in [0.717, 1.165) is 24.8 Å². The van der Waals surface area contributed by atoms with Crippen LogP contribution in [-0.4, -0.2) is 18.0 Å². The maximum atomic E-state index is 11.8. The summed E-state index contributed by atoms with van der Waals surface area (Å²) in [5.41, 5.74) is 2.26. The SMILES string of the molecule is COc1cc(CC/C=C/C(=O)CCc2ccccc2)ccc1O. The minimum absolute atomic E-state index is 0.142. The third kappa shape index (κ3) is 5.62. The van der Waals surface area contributed by atoms with Gasteiger partial charge in [-0.2, -0.15) is 0 Å². The summed E-state index contributed by atoms with van der Waals surface area (Å²) in [5.74, 6) is 0.769. The van der Waals surface area contributed by atoms with Crippen molar-refractivity contribution in [3.8, 4) is 11.5 Å². The average molecular weight is 310 g/mol. The summed E-state index contributed by atoms with van der Waals surface area (Å²) in [6, 6.07) is 15.3. The van der Waals surface area contributed by atoms with Crippen LogP contribution in [0.3, 0.4) is 0 Å². The van der Waals surface area contributed by atoms with E-state index in [0.29, 0.717) is 12.2 Å². The fourth-order valence-electron chi connectivity index (χ4n) is 2.34. The average Bonchev–Trinajstić information content (AvgIpc) is 2.59. The summed E-state index contributed by atoms with van der Waals surface area (Å²) in [5, 5.41) is 9.55. The van der Waals surface area contributed by atoms with Crippen molar-refractivity contribution in [3.63, 3.8) is 0 Å². The number of aryl methyl sites for hydroxylation is 2. The Morgan fingerprint density at radius 2 is 1.87 bits per heavy atom. The molecule has 0 saturated carbocycles. The van der Waals surface area contributed by atoms with E-state index in [1.807, 2.05) is 48.5 Å². The van der Waals surface area contributed by atoms with Gasteiger partial charge in [-0.15, -0.1) is 0 Å². The van der Waals surface area contributed by atoms with Crippen LogP contribution in [0.5, 0.6) is 11.5 Å². The molecule has 2 aromatic rings. The van der Waals surface area contributed by atoms with Gasteiger partial charge in [-0.25, -0.2) is 0 Å².